The lowest BCUT2D eigenvalue weighted by atomic mass is 10.1. The van der Waals surface area contributed by atoms with Crippen LogP contribution in [0.2, 0.25) is 0 Å². The predicted octanol–water partition coefficient (Wildman–Crippen LogP) is 1.70. The molecule has 0 aromatic carbocycles. The van der Waals surface area contributed by atoms with E-state index >= 15 is 0 Å². The maximum Gasteiger partial charge on any atom is 0.352 e. The summed E-state index contributed by atoms with van der Waals surface area (Å²) in [6.45, 7) is 7.23. The average molecular weight is 240 g/mol. The van der Waals surface area contributed by atoms with Crippen molar-refractivity contribution in [3.8, 4) is 5.88 Å². The van der Waals surface area contributed by atoms with Gasteiger partial charge >= 0.3 is 5.69 Å². The maximum absolute atomic E-state index is 10.9. The molecule has 0 aliphatic carbocycles. The number of anilines is 1. The first kappa shape index (κ1) is 13.1. The summed E-state index contributed by atoms with van der Waals surface area (Å²) in [6, 6.07) is 0. The van der Waals surface area contributed by atoms with E-state index in [0.29, 0.717) is 0 Å². The molecular weight excluding hydrogens is 224 g/mol. The second-order valence-corrected chi connectivity index (χ2v) is 4.15. The van der Waals surface area contributed by atoms with E-state index in [4.69, 9.17) is 10.5 Å². The van der Waals surface area contributed by atoms with Crippen LogP contribution in [0, 0.1) is 23.0 Å². The molecule has 7 nitrogen and oxygen atoms in total. The monoisotopic (exact) mass is 240 g/mol. The highest BCUT2D eigenvalue weighted by Gasteiger charge is 2.25. The number of nitrogen functional groups attached to an aromatic ring is 1. The molecular formula is C10H16N4O3. The van der Waals surface area contributed by atoms with Gasteiger partial charge in [-0.2, -0.15) is 4.98 Å². The highest BCUT2D eigenvalue weighted by molar-refractivity contribution is 5.47. The summed E-state index contributed by atoms with van der Waals surface area (Å²) in [6.07, 6.45) is -0.192. The van der Waals surface area contributed by atoms with Gasteiger partial charge in [-0.15, -0.1) is 0 Å². The molecule has 1 aromatic heterocycles. The molecule has 0 bridgehead atoms. The molecule has 94 valence electrons. The number of nitrogens with zero attached hydrogens (tertiary/aromatic N) is 3. The topological polar surface area (TPSA) is 104 Å². The van der Waals surface area contributed by atoms with Crippen LogP contribution in [0.25, 0.3) is 0 Å². The number of ether oxygens (including phenoxy) is 1. The Kier molecular flexibility index (Phi) is 3.82. The Morgan fingerprint density at radius 1 is 1.35 bits per heavy atom. The fourth-order valence-electron chi connectivity index (χ4n) is 1.17. The van der Waals surface area contributed by atoms with Gasteiger partial charge in [-0.1, -0.05) is 13.8 Å². The first-order valence-corrected chi connectivity index (χ1v) is 5.28. The quantitative estimate of drug-likeness (QED) is 0.634. The third-order valence-corrected chi connectivity index (χ3v) is 2.46. The number of hydrogen-bond donors (Lipinski definition) is 1. The van der Waals surface area contributed by atoms with Crippen molar-refractivity contribution < 1.29 is 9.66 Å². The van der Waals surface area contributed by atoms with Crippen LogP contribution in [0.1, 0.15) is 26.5 Å². The largest absolute Gasteiger partial charge is 0.469 e. The molecule has 17 heavy (non-hydrogen) atoms. The van der Waals surface area contributed by atoms with Crippen LogP contribution < -0.4 is 10.5 Å². The molecule has 1 atom stereocenters. The number of aryl methyl sites for hydroxylation is 1. The average Bonchev–Trinajstić information content (AvgIpc) is 2.14. The number of nitrogens with two attached hydrogens (primary N) is 1. The number of aromatic nitrogens is 2. The SMILES string of the molecule is Cc1nc(N)nc(OC(C)C(C)C)c1[N+](=O)[O-]. The molecule has 0 fully saturated rings. The van der Waals surface area contributed by atoms with Crippen LogP contribution in [-0.2, 0) is 0 Å². The zero-order chi connectivity index (χ0) is 13.2. The first-order valence-electron chi connectivity index (χ1n) is 5.28. The third kappa shape index (κ3) is 3.02. The lowest BCUT2D eigenvalue weighted by Crippen LogP contribution is -2.20. The van der Waals surface area contributed by atoms with Gasteiger partial charge in [0, 0.05) is 0 Å². The van der Waals surface area contributed by atoms with Crippen molar-refractivity contribution in [2.24, 2.45) is 5.92 Å². The Bertz CT molecular complexity index is 434. The zero-order valence-corrected chi connectivity index (χ0v) is 10.3. The van der Waals surface area contributed by atoms with Crippen LogP contribution in [0.5, 0.6) is 5.88 Å². The van der Waals surface area contributed by atoms with Crippen LogP contribution in [0.15, 0.2) is 0 Å². The number of rotatable bonds is 4. The van der Waals surface area contributed by atoms with Gasteiger partial charge in [0.1, 0.15) is 11.8 Å². The predicted molar refractivity (Wildman–Crippen MR) is 62.8 cm³/mol. The maximum atomic E-state index is 10.9. The van der Waals surface area contributed by atoms with Crippen molar-refractivity contribution in [3.63, 3.8) is 0 Å². The minimum atomic E-state index is -0.558. The molecule has 1 heterocycles. The van der Waals surface area contributed by atoms with Gasteiger partial charge in [0.25, 0.3) is 5.88 Å². The van der Waals surface area contributed by atoms with E-state index < -0.39 is 4.92 Å². The van der Waals surface area contributed by atoms with Gasteiger partial charge in [0.05, 0.1) is 4.92 Å². The second-order valence-electron chi connectivity index (χ2n) is 4.15. The smallest absolute Gasteiger partial charge is 0.352 e. The van der Waals surface area contributed by atoms with E-state index in [1.807, 2.05) is 20.8 Å². The molecule has 7 heteroatoms. The molecule has 0 saturated heterocycles. The Morgan fingerprint density at radius 2 is 1.94 bits per heavy atom. The van der Waals surface area contributed by atoms with Crippen LogP contribution in [0.3, 0.4) is 0 Å². The normalized spacial score (nSPS) is 12.5. The summed E-state index contributed by atoms with van der Waals surface area (Å²) in [5.41, 5.74) is 5.43. The van der Waals surface area contributed by atoms with Crippen LogP contribution in [0.4, 0.5) is 11.6 Å². The molecule has 0 saturated carbocycles. The molecule has 0 aliphatic rings. The molecule has 0 aliphatic heterocycles. The fraction of sp³-hybridized carbons (Fsp3) is 0.600. The Labute approximate surface area is 99.2 Å². The van der Waals surface area contributed by atoms with Gasteiger partial charge in [-0.05, 0) is 19.8 Å². The van der Waals surface area contributed by atoms with Crippen LogP contribution >= 0.6 is 0 Å². The van der Waals surface area contributed by atoms with Crippen molar-refractivity contribution in [2.45, 2.75) is 33.8 Å². The Morgan fingerprint density at radius 3 is 2.41 bits per heavy atom. The molecule has 0 radical (unpaired) electrons. The van der Waals surface area contributed by atoms with Gasteiger partial charge in [0.15, 0.2) is 0 Å². The standard InChI is InChI=1S/C10H16N4O3/c1-5(2)7(4)17-9-8(14(15)16)6(3)12-10(11)13-9/h5,7H,1-4H3,(H2,11,12,13). The van der Waals surface area contributed by atoms with E-state index in [0.717, 1.165) is 0 Å². The third-order valence-electron chi connectivity index (χ3n) is 2.46. The minimum absolute atomic E-state index is 0.0287. The lowest BCUT2D eigenvalue weighted by molar-refractivity contribution is -0.387. The second kappa shape index (κ2) is 4.94. The Hall–Kier alpha value is -1.92. The van der Waals surface area contributed by atoms with Gasteiger partial charge in [-0.3, -0.25) is 10.1 Å². The molecule has 2 N–H and O–H groups in total. The van der Waals surface area contributed by atoms with E-state index in [-0.39, 0.29) is 35.2 Å². The van der Waals surface area contributed by atoms with E-state index in [9.17, 15) is 10.1 Å². The molecule has 1 rings (SSSR count). The summed E-state index contributed by atoms with van der Waals surface area (Å²) in [5, 5.41) is 10.9. The summed E-state index contributed by atoms with van der Waals surface area (Å²) in [5.74, 6) is 0.117. The van der Waals surface area contributed by atoms with Crippen molar-refractivity contribution >= 4 is 11.6 Å². The Balaban J connectivity index is 3.17. The fourth-order valence-corrected chi connectivity index (χ4v) is 1.17. The van der Waals surface area contributed by atoms with E-state index in [1.54, 1.807) is 0 Å². The van der Waals surface area contributed by atoms with Crippen molar-refractivity contribution in [1.29, 1.82) is 0 Å². The summed E-state index contributed by atoms with van der Waals surface area (Å²) in [4.78, 5) is 17.9. The van der Waals surface area contributed by atoms with E-state index in [2.05, 4.69) is 9.97 Å². The molecule has 0 amide bonds. The van der Waals surface area contributed by atoms with Crippen molar-refractivity contribution in [1.82, 2.24) is 9.97 Å². The summed E-state index contributed by atoms with van der Waals surface area (Å²) in [7, 11) is 0. The van der Waals surface area contributed by atoms with Gasteiger partial charge in [0.2, 0.25) is 5.95 Å². The molecule has 0 spiro atoms. The highest BCUT2D eigenvalue weighted by atomic mass is 16.6. The first-order chi connectivity index (χ1) is 7.82. The van der Waals surface area contributed by atoms with Crippen LogP contribution in [-0.4, -0.2) is 21.0 Å². The number of nitro groups is 1. The van der Waals surface area contributed by atoms with Gasteiger partial charge < -0.3 is 10.5 Å². The lowest BCUT2D eigenvalue weighted by Gasteiger charge is -2.17. The van der Waals surface area contributed by atoms with Crippen molar-refractivity contribution in [2.75, 3.05) is 5.73 Å². The summed E-state index contributed by atoms with van der Waals surface area (Å²) < 4.78 is 5.46. The van der Waals surface area contributed by atoms with E-state index in [1.165, 1.54) is 6.92 Å². The number of hydrogen-bond acceptors (Lipinski definition) is 6. The zero-order valence-electron chi connectivity index (χ0n) is 10.3. The van der Waals surface area contributed by atoms with Crippen molar-refractivity contribution in [3.05, 3.63) is 15.8 Å². The minimum Gasteiger partial charge on any atom is -0.469 e. The molecule has 1 unspecified atom stereocenters. The molecule has 1 aromatic rings. The summed E-state index contributed by atoms with van der Waals surface area (Å²) >= 11 is 0. The highest BCUT2D eigenvalue weighted by Crippen LogP contribution is 2.29. The van der Waals surface area contributed by atoms with Gasteiger partial charge in [-0.25, -0.2) is 4.98 Å².